The van der Waals surface area contributed by atoms with Crippen LogP contribution in [0.1, 0.15) is 32.1 Å². The van der Waals surface area contributed by atoms with Gasteiger partial charge in [-0.2, -0.15) is 0 Å². The maximum Gasteiger partial charge on any atom is 2.00 e. The summed E-state index contributed by atoms with van der Waals surface area (Å²) in [7, 11) is 0. The third kappa shape index (κ3) is 5.21. The summed E-state index contributed by atoms with van der Waals surface area (Å²) in [4.78, 5) is 20.7. The summed E-state index contributed by atoms with van der Waals surface area (Å²) >= 11 is 0. The van der Waals surface area contributed by atoms with E-state index in [1.165, 1.54) is 12.8 Å². The van der Waals surface area contributed by atoms with Gasteiger partial charge < -0.3 is 28.7 Å². The Bertz CT molecular complexity index is 273. The van der Waals surface area contributed by atoms with Crippen molar-refractivity contribution >= 4 is 11.9 Å². The van der Waals surface area contributed by atoms with Crippen LogP contribution < -0.4 is 5.73 Å². The molecule has 2 rings (SSSR count). The summed E-state index contributed by atoms with van der Waals surface area (Å²) in [5, 5.41) is 21.2. The second-order valence-electron chi connectivity index (χ2n) is 4.48. The van der Waals surface area contributed by atoms with Crippen molar-refractivity contribution < 1.29 is 40.9 Å². The zero-order valence-corrected chi connectivity index (χ0v) is 13.4. The Morgan fingerprint density at radius 3 is 1.84 bits per heavy atom. The molecule has 1 aliphatic carbocycles. The molecule has 0 aromatic heterocycles. The fourth-order valence-electron chi connectivity index (χ4n) is 1.93. The molecule has 114 valence electrons. The number of hydrogen-bond donors (Lipinski definition) is 3. The molecule has 7 heteroatoms. The molecule has 4 N–H and O–H groups in total. The summed E-state index contributed by atoms with van der Waals surface area (Å²) in [5.74, 6) is -2.41. The van der Waals surface area contributed by atoms with Crippen molar-refractivity contribution in [2.45, 2.75) is 38.1 Å². The van der Waals surface area contributed by atoms with E-state index in [-0.39, 0.29) is 41.3 Å². The van der Waals surface area contributed by atoms with Crippen LogP contribution in [0.15, 0.2) is 0 Å². The van der Waals surface area contributed by atoms with Crippen molar-refractivity contribution in [3.8, 4) is 0 Å². The first kappa shape index (κ1) is 20.9. The molecule has 0 unspecified atom stereocenters. The molecule has 2 aliphatic rings. The maximum absolute atomic E-state index is 10.4. The van der Waals surface area contributed by atoms with E-state index in [1.807, 2.05) is 0 Å². The van der Waals surface area contributed by atoms with Crippen LogP contribution in [-0.2, 0) is 30.7 Å². The largest absolute Gasteiger partial charge is 2.00 e. The van der Waals surface area contributed by atoms with Gasteiger partial charge in [-0.1, -0.05) is 12.8 Å². The summed E-state index contributed by atoms with van der Waals surface area (Å²) in [6, 6.07) is 0.500. The molecule has 0 radical (unpaired) electrons. The first-order chi connectivity index (χ1) is 8.03. The molecule has 2 fully saturated rings. The predicted molar refractivity (Wildman–Crippen MR) is 68.3 cm³/mol. The molecule has 1 atom stereocenters. The standard InChI is InChI=1S/C6H8O4.C5H11N2.CH3.Pt/c7-4(8)6(5(9)10)2-1-3-6;6-4-5-2-1-3-7-5;;/h1-3H2,(H,7,8)(H,9,10);5H,1-4,6H2;1H3;/q;2*-1;+2/t;5-;;/m.0../s1. The summed E-state index contributed by atoms with van der Waals surface area (Å²) in [6.45, 7) is 1.79. The number of carboxylic acids is 2. The Balaban J connectivity index is 0. The second kappa shape index (κ2) is 9.45. The Hall–Kier alpha value is -0.452. The number of aliphatic carboxylic acids is 2. The Kier molecular flexibility index (Phi) is 10.4. The van der Waals surface area contributed by atoms with Crippen LogP contribution in [0.3, 0.4) is 0 Å². The van der Waals surface area contributed by atoms with Crippen molar-refractivity contribution in [1.29, 1.82) is 0 Å². The van der Waals surface area contributed by atoms with E-state index < -0.39 is 17.4 Å². The summed E-state index contributed by atoms with van der Waals surface area (Å²) < 4.78 is 0. The van der Waals surface area contributed by atoms with Crippen molar-refractivity contribution in [3.05, 3.63) is 12.7 Å². The van der Waals surface area contributed by atoms with Crippen LogP contribution in [0.2, 0.25) is 0 Å². The van der Waals surface area contributed by atoms with E-state index in [0.29, 0.717) is 12.5 Å². The fourth-order valence-corrected chi connectivity index (χ4v) is 1.93. The van der Waals surface area contributed by atoms with Gasteiger partial charge in [0.2, 0.25) is 0 Å². The summed E-state index contributed by atoms with van der Waals surface area (Å²) in [6.07, 6.45) is 3.73. The van der Waals surface area contributed by atoms with Gasteiger partial charge in [0.1, 0.15) is 0 Å². The van der Waals surface area contributed by atoms with E-state index >= 15 is 0 Å². The Labute approximate surface area is 128 Å². The van der Waals surface area contributed by atoms with Gasteiger partial charge in [0.25, 0.3) is 0 Å². The molecule has 19 heavy (non-hydrogen) atoms. The van der Waals surface area contributed by atoms with E-state index in [0.717, 1.165) is 13.1 Å². The third-order valence-electron chi connectivity index (χ3n) is 3.38. The molecule has 6 nitrogen and oxygen atoms in total. The molecule has 0 aromatic rings. The van der Waals surface area contributed by atoms with E-state index in [9.17, 15) is 9.59 Å². The van der Waals surface area contributed by atoms with Crippen LogP contribution in [-0.4, -0.2) is 41.3 Å². The summed E-state index contributed by atoms with van der Waals surface area (Å²) in [5.41, 5.74) is 3.90. The molecular weight excluding hydrogens is 431 g/mol. The minimum absolute atomic E-state index is 0. The molecule has 1 saturated carbocycles. The average Bonchev–Trinajstić information content (AvgIpc) is 2.67. The van der Waals surface area contributed by atoms with E-state index in [1.54, 1.807) is 0 Å². The molecule has 0 spiro atoms. The van der Waals surface area contributed by atoms with Crippen molar-refractivity contribution in [2.24, 2.45) is 11.1 Å². The van der Waals surface area contributed by atoms with Crippen LogP contribution in [0.4, 0.5) is 0 Å². The number of carbonyl (C=O) groups is 2. The fraction of sp³-hybridized carbons (Fsp3) is 0.750. The van der Waals surface area contributed by atoms with Crippen LogP contribution in [0.25, 0.3) is 5.32 Å². The monoisotopic (exact) mass is 453 g/mol. The predicted octanol–water partition coefficient (Wildman–Crippen LogP) is 1.25. The van der Waals surface area contributed by atoms with Gasteiger partial charge in [-0.3, -0.25) is 9.59 Å². The van der Waals surface area contributed by atoms with Gasteiger partial charge >= 0.3 is 33.0 Å². The number of carboxylic acid groups (broad SMARTS) is 2. The van der Waals surface area contributed by atoms with E-state index in [4.69, 9.17) is 15.9 Å². The molecule has 1 heterocycles. The SMILES string of the molecule is NC[C@@H]1CCC[N-]1.O=C(O)C1(C(=O)O)CCC1.[CH3-].[Pt+2]. The minimum atomic E-state index is -1.44. The number of hydrogen-bond acceptors (Lipinski definition) is 3. The maximum atomic E-state index is 10.4. The van der Waals surface area contributed by atoms with Gasteiger partial charge in [0.05, 0.1) is 0 Å². The van der Waals surface area contributed by atoms with Gasteiger partial charge in [-0.05, 0) is 25.8 Å². The first-order valence-corrected chi connectivity index (χ1v) is 5.86. The zero-order valence-electron chi connectivity index (χ0n) is 11.1. The van der Waals surface area contributed by atoms with Crippen molar-refractivity contribution in [1.82, 2.24) is 0 Å². The normalized spacial score (nSPS) is 22.7. The quantitative estimate of drug-likeness (QED) is 0.440. The second-order valence-corrected chi connectivity index (χ2v) is 4.48. The molecule has 1 aliphatic heterocycles. The van der Waals surface area contributed by atoms with Gasteiger partial charge in [0.15, 0.2) is 5.41 Å². The van der Waals surface area contributed by atoms with Gasteiger partial charge in [0, 0.05) is 0 Å². The molecule has 0 bridgehead atoms. The van der Waals surface area contributed by atoms with E-state index in [2.05, 4.69) is 5.32 Å². The zero-order chi connectivity index (χ0) is 12.9. The Morgan fingerprint density at radius 1 is 1.21 bits per heavy atom. The molecule has 0 amide bonds. The molecule has 0 aromatic carbocycles. The number of nitrogens with zero attached hydrogens (tertiary/aromatic N) is 1. The van der Waals surface area contributed by atoms with Crippen LogP contribution in [0, 0.1) is 12.8 Å². The van der Waals surface area contributed by atoms with Gasteiger partial charge in [-0.15, -0.1) is 12.6 Å². The van der Waals surface area contributed by atoms with Gasteiger partial charge in [-0.25, -0.2) is 0 Å². The topological polar surface area (TPSA) is 115 Å². The minimum Gasteiger partial charge on any atom is -0.658 e. The molecule has 1 saturated heterocycles. The average molecular weight is 453 g/mol. The Morgan fingerprint density at radius 2 is 1.74 bits per heavy atom. The van der Waals surface area contributed by atoms with Crippen molar-refractivity contribution in [3.63, 3.8) is 0 Å². The first-order valence-electron chi connectivity index (χ1n) is 5.86. The molecular formula is C12H22N2O4Pt. The van der Waals surface area contributed by atoms with Crippen molar-refractivity contribution in [2.75, 3.05) is 13.1 Å². The van der Waals surface area contributed by atoms with Crippen LogP contribution >= 0.6 is 0 Å². The number of nitrogens with two attached hydrogens (primary N) is 1. The smallest absolute Gasteiger partial charge is 0.658 e. The number of rotatable bonds is 3. The van der Waals surface area contributed by atoms with Crippen LogP contribution in [0.5, 0.6) is 0 Å². The third-order valence-corrected chi connectivity index (χ3v) is 3.38.